The van der Waals surface area contributed by atoms with Gasteiger partial charge in [0.2, 0.25) is 5.91 Å². The number of phenolic OH excluding ortho intramolecular Hbond substituents is 1. The van der Waals surface area contributed by atoms with Gasteiger partial charge in [0.1, 0.15) is 11.8 Å². The molecule has 0 radical (unpaired) electrons. The summed E-state index contributed by atoms with van der Waals surface area (Å²) >= 11 is 0. The van der Waals surface area contributed by atoms with Gasteiger partial charge in [-0.15, -0.1) is 0 Å². The van der Waals surface area contributed by atoms with Gasteiger partial charge in [-0.25, -0.2) is 0 Å². The van der Waals surface area contributed by atoms with Crippen LogP contribution < -0.4 is 5.32 Å². The van der Waals surface area contributed by atoms with E-state index in [1.54, 1.807) is 30.9 Å². The number of likely N-dealkylation sites (N-methyl/N-ethyl adjacent to an activating group) is 1. The van der Waals surface area contributed by atoms with E-state index in [1.807, 2.05) is 13.8 Å². The van der Waals surface area contributed by atoms with E-state index in [2.05, 4.69) is 5.32 Å². The summed E-state index contributed by atoms with van der Waals surface area (Å²) in [6.45, 7) is 8.35. The zero-order chi connectivity index (χ0) is 15.3. The molecule has 0 saturated heterocycles. The van der Waals surface area contributed by atoms with Crippen LogP contribution in [0.4, 0.5) is 0 Å². The molecule has 1 atom stereocenters. The van der Waals surface area contributed by atoms with Gasteiger partial charge in [0, 0.05) is 24.2 Å². The van der Waals surface area contributed by atoms with Gasteiger partial charge in [0.15, 0.2) is 0 Å². The highest BCUT2D eigenvalue weighted by Crippen LogP contribution is 2.19. The summed E-state index contributed by atoms with van der Waals surface area (Å²) in [6.07, 6.45) is 0. The van der Waals surface area contributed by atoms with Crippen molar-refractivity contribution in [2.45, 2.75) is 33.7 Å². The van der Waals surface area contributed by atoms with Crippen LogP contribution in [-0.2, 0) is 4.79 Å². The van der Waals surface area contributed by atoms with E-state index in [0.717, 1.165) is 0 Å². The van der Waals surface area contributed by atoms with Crippen LogP contribution in [0.1, 0.15) is 36.7 Å². The fraction of sp³-hybridized carbons (Fsp3) is 0.467. The van der Waals surface area contributed by atoms with Gasteiger partial charge in [-0.3, -0.25) is 9.59 Å². The third kappa shape index (κ3) is 3.50. The molecule has 5 nitrogen and oxygen atoms in total. The molecule has 20 heavy (non-hydrogen) atoms. The summed E-state index contributed by atoms with van der Waals surface area (Å²) in [5.74, 6) is -0.395. The summed E-state index contributed by atoms with van der Waals surface area (Å²) in [5.41, 5.74) is 0.886. The second kappa shape index (κ2) is 6.93. The number of nitrogens with one attached hydrogen (secondary N) is 1. The lowest BCUT2D eigenvalue weighted by atomic mass is 10.1. The molecule has 2 N–H and O–H groups in total. The minimum absolute atomic E-state index is 0.0698. The summed E-state index contributed by atoms with van der Waals surface area (Å²) < 4.78 is 0. The van der Waals surface area contributed by atoms with E-state index in [1.165, 1.54) is 6.07 Å². The van der Waals surface area contributed by atoms with Crippen molar-refractivity contribution in [2.24, 2.45) is 0 Å². The van der Waals surface area contributed by atoms with Crippen LogP contribution in [0.3, 0.4) is 0 Å². The van der Waals surface area contributed by atoms with Crippen molar-refractivity contribution in [1.82, 2.24) is 10.2 Å². The van der Waals surface area contributed by atoms with E-state index < -0.39 is 6.04 Å². The van der Waals surface area contributed by atoms with E-state index in [-0.39, 0.29) is 17.6 Å². The molecule has 0 bridgehead atoms. The Labute approximate surface area is 119 Å². The molecule has 0 aromatic heterocycles. The largest absolute Gasteiger partial charge is 0.508 e. The normalized spacial score (nSPS) is 11.8. The fourth-order valence-corrected chi connectivity index (χ4v) is 2.01. The smallest absolute Gasteiger partial charge is 0.252 e. The van der Waals surface area contributed by atoms with E-state index in [4.69, 9.17) is 0 Å². The molecule has 0 spiro atoms. The summed E-state index contributed by atoms with van der Waals surface area (Å²) in [5, 5.41) is 12.3. The van der Waals surface area contributed by atoms with Crippen LogP contribution in [0.2, 0.25) is 0 Å². The maximum absolute atomic E-state index is 12.1. The van der Waals surface area contributed by atoms with Crippen molar-refractivity contribution >= 4 is 11.8 Å². The van der Waals surface area contributed by atoms with Crippen LogP contribution in [0, 0.1) is 6.92 Å². The first kappa shape index (κ1) is 16.0. The molecular weight excluding hydrogens is 256 g/mol. The van der Waals surface area contributed by atoms with Crippen LogP contribution in [0.15, 0.2) is 18.2 Å². The highest BCUT2D eigenvalue weighted by atomic mass is 16.3. The number of amides is 2. The minimum Gasteiger partial charge on any atom is -0.508 e. The van der Waals surface area contributed by atoms with Crippen LogP contribution in [-0.4, -0.2) is 41.0 Å². The lowest BCUT2D eigenvalue weighted by Crippen LogP contribution is -2.46. The quantitative estimate of drug-likeness (QED) is 0.861. The highest BCUT2D eigenvalue weighted by Gasteiger charge is 2.21. The number of phenols is 1. The molecular formula is C15H22N2O3. The Morgan fingerprint density at radius 1 is 1.30 bits per heavy atom. The summed E-state index contributed by atoms with van der Waals surface area (Å²) in [6, 6.07) is 4.16. The lowest BCUT2D eigenvalue weighted by molar-refractivity contribution is -0.132. The van der Waals surface area contributed by atoms with Gasteiger partial charge in [-0.2, -0.15) is 0 Å². The van der Waals surface area contributed by atoms with E-state index >= 15 is 0 Å². The Hall–Kier alpha value is -2.04. The maximum Gasteiger partial charge on any atom is 0.252 e. The van der Waals surface area contributed by atoms with Gasteiger partial charge in [0.05, 0.1) is 0 Å². The molecule has 0 fully saturated rings. The standard InChI is InChI=1S/C15H22N2O3/c1-5-17(6-2)15(20)11(4)16-14(19)12-8-7-9-13(18)10(12)3/h7-9,11,18H,5-6H2,1-4H3,(H,16,19). The first-order chi connectivity index (χ1) is 9.42. The van der Waals surface area contributed by atoms with Crippen LogP contribution in [0.5, 0.6) is 5.75 Å². The molecule has 1 rings (SSSR count). The predicted octanol–water partition coefficient (Wildman–Crippen LogP) is 1.69. The number of hydrogen-bond acceptors (Lipinski definition) is 3. The van der Waals surface area contributed by atoms with Crippen molar-refractivity contribution in [2.75, 3.05) is 13.1 Å². The lowest BCUT2D eigenvalue weighted by Gasteiger charge is -2.23. The number of nitrogens with zero attached hydrogens (tertiary/aromatic N) is 1. The number of carbonyl (C=O) groups is 2. The molecule has 5 heteroatoms. The van der Waals surface area contributed by atoms with Crippen molar-refractivity contribution in [3.63, 3.8) is 0 Å². The van der Waals surface area contributed by atoms with Gasteiger partial charge >= 0.3 is 0 Å². The topological polar surface area (TPSA) is 69.6 Å². The van der Waals surface area contributed by atoms with Crippen LogP contribution in [0.25, 0.3) is 0 Å². The number of benzene rings is 1. The number of carbonyl (C=O) groups excluding carboxylic acids is 2. The number of rotatable bonds is 5. The first-order valence-electron chi connectivity index (χ1n) is 6.80. The molecule has 1 unspecified atom stereocenters. The molecule has 1 aromatic carbocycles. The van der Waals surface area contributed by atoms with E-state index in [0.29, 0.717) is 24.2 Å². The molecule has 0 saturated carbocycles. The molecule has 110 valence electrons. The van der Waals surface area contributed by atoms with Gasteiger partial charge < -0.3 is 15.3 Å². The second-order valence-electron chi connectivity index (χ2n) is 4.66. The van der Waals surface area contributed by atoms with Gasteiger partial charge in [-0.05, 0) is 39.8 Å². The molecule has 0 heterocycles. The second-order valence-corrected chi connectivity index (χ2v) is 4.66. The maximum atomic E-state index is 12.1. The summed E-state index contributed by atoms with van der Waals surface area (Å²) in [7, 11) is 0. The molecule has 1 aromatic rings. The number of hydrogen-bond donors (Lipinski definition) is 2. The molecule has 0 aliphatic carbocycles. The SMILES string of the molecule is CCN(CC)C(=O)C(C)NC(=O)c1cccc(O)c1C. The van der Waals surface area contributed by atoms with Crippen LogP contribution >= 0.6 is 0 Å². The third-order valence-electron chi connectivity index (χ3n) is 3.34. The predicted molar refractivity (Wildman–Crippen MR) is 77.7 cm³/mol. The Balaban J connectivity index is 2.80. The Morgan fingerprint density at radius 3 is 2.45 bits per heavy atom. The summed E-state index contributed by atoms with van der Waals surface area (Å²) in [4.78, 5) is 25.9. The Bertz CT molecular complexity index is 496. The minimum atomic E-state index is -0.593. The van der Waals surface area contributed by atoms with Gasteiger partial charge in [0.25, 0.3) is 5.91 Å². The third-order valence-corrected chi connectivity index (χ3v) is 3.34. The zero-order valence-electron chi connectivity index (χ0n) is 12.4. The average Bonchev–Trinajstić information content (AvgIpc) is 2.42. The first-order valence-corrected chi connectivity index (χ1v) is 6.80. The van der Waals surface area contributed by atoms with Crippen molar-refractivity contribution < 1.29 is 14.7 Å². The Morgan fingerprint density at radius 2 is 1.90 bits per heavy atom. The average molecular weight is 278 g/mol. The van der Waals surface area contributed by atoms with Gasteiger partial charge in [-0.1, -0.05) is 6.07 Å². The van der Waals surface area contributed by atoms with E-state index in [9.17, 15) is 14.7 Å². The van der Waals surface area contributed by atoms with Crippen molar-refractivity contribution in [3.8, 4) is 5.75 Å². The zero-order valence-corrected chi connectivity index (χ0v) is 12.4. The monoisotopic (exact) mass is 278 g/mol. The Kier molecular flexibility index (Phi) is 5.55. The molecule has 0 aliphatic rings. The fourth-order valence-electron chi connectivity index (χ4n) is 2.01. The van der Waals surface area contributed by atoms with Crippen molar-refractivity contribution in [3.05, 3.63) is 29.3 Å². The van der Waals surface area contributed by atoms with Crippen molar-refractivity contribution in [1.29, 1.82) is 0 Å². The molecule has 2 amide bonds. The highest BCUT2D eigenvalue weighted by molar-refractivity contribution is 5.99. The number of aromatic hydroxyl groups is 1. The molecule has 0 aliphatic heterocycles.